The standard InChI is InChI=1S/C64H38N4S4/c1-3-11-43-33-47(27-17-39(43)9-1)67(45-23-19-41(20-24-45)63-65-55-13-5-7-15-57(55)71-63)49-29-31-51-53-37-62-54(38-61(53)69-59(51)35-49)52-32-30-50(36-60(52)70-62)68(48-28-18-40-10-2-4-12-44(40)34-48)46-25-21-42(22-26-46)64-66-56-14-6-8-16-58(56)72-64/h1-38H. The number of para-hydroxylation sites is 2. The van der Waals surface area contributed by atoms with E-state index in [-0.39, 0.29) is 0 Å². The number of nitrogens with zero attached hydrogens (tertiary/aromatic N) is 4. The lowest BCUT2D eigenvalue weighted by atomic mass is 10.1. The van der Waals surface area contributed by atoms with E-state index in [1.54, 1.807) is 22.7 Å². The third kappa shape index (κ3) is 7.06. The maximum absolute atomic E-state index is 4.96. The first kappa shape index (κ1) is 41.5. The van der Waals surface area contributed by atoms with Crippen LogP contribution in [0, 0.1) is 0 Å². The van der Waals surface area contributed by atoms with Crippen LogP contribution in [0.2, 0.25) is 0 Å². The summed E-state index contributed by atoms with van der Waals surface area (Å²) in [7, 11) is 0. The first-order valence-corrected chi connectivity index (χ1v) is 27.2. The van der Waals surface area contributed by atoms with Gasteiger partial charge in [-0.3, -0.25) is 0 Å². The van der Waals surface area contributed by atoms with Crippen LogP contribution in [0.1, 0.15) is 0 Å². The number of rotatable bonds is 8. The minimum absolute atomic E-state index is 1.03. The summed E-state index contributed by atoms with van der Waals surface area (Å²) < 4.78 is 7.52. The summed E-state index contributed by atoms with van der Waals surface area (Å²) in [5, 5.41) is 12.1. The SMILES string of the molecule is c1ccc2cc(N(c3ccc(-c4nc5ccccc5s4)cc3)c3ccc4c(c3)sc3cc5c(cc34)sc3cc(N(c4ccc(-c6nc7ccccc7s6)cc4)c4ccc6ccccc6c4)ccc35)ccc2c1. The number of benzene rings is 11. The zero-order chi connectivity index (χ0) is 47.3. The highest BCUT2D eigenvalue weighted by Crippen LogP contribution is 2.47. The first-order chi connectivity index (χ1) is 35.6. The van der Waals surface area contributed by atoms with E-state index in [0.29, 0.717) is 0 Å². The Labute approximate surface area is 430 Å². The number of hydrogen-bond acceptors (Lipinski definition) is 8. The van der Waals surface area contributed by atoms with E-state index in [1.165, 1.54) is 71.3 Å². The quantitative estimate of drug-likeness (QED) is 0.152. The molecule has 0 N–H and O–H groups in total. The van der Waals surface area contributed by atoms with Crippen LogP contribution in [0.25, 0.3) is 103 Å². The molecule has 4 aromatic heterocycles. The number of anilines is 6. The number of hydrogen-bond donors (Lipinski definition) is 0. The molecule has 0 unspecified atom stereocenters. The second-order valence-corrected chi connectivity index (χ2v) is 22.4. The van der Waals surface area contributed by atoms with Gasteiger partial charge in [0.05, 0.1) is 20.4 Å². The third-order valence-corrected chi connectivity index (χ3v) is 18.3. The van der Waals surface area contributed by atoms with Gasteiger partial charge in [-0.1, -0.05) is 97.1 Å². The third-order valence-electron chi connectivity index (χ3n) is 13.9. The summed E-state index contributed by atoms with van der Waals surface area (Å²) in [4.78, 5) is 14.7. The molecule has 4 nitrogen and oxygen atoms in total. The van der Waals surface area contributed by atoms with Crippen molar-refractivity contribution in [3.8, 4) is 21.1 Å². The summed E-state index contributed by atoms with van der Waals surface area (Å²) in [6.45, 7) is 0. The van der Waals surface area contributed by atoms with Crippen LogP contribution in [0.3, 0.4) is 0 Å². The van der Waals surface area contributed by atoms with Crippen LogP contribution in [-0.2, 0) is 0 Å². The Balaban J connectivity index is 0.806. The van der Waals surface area contributed by atoms with E-state index in [1.807, 2.05) is 22.7 Å². The summed E-state index contributed by atoms with van der Waals surface area (Å²) in [5.41, 5.74) is 11.0. The molecule has 0 saturated carbocycles. The van der Waals surface area contributed by atoms with Crippen molar-refractivity contribution in [1.82, 2.24) is 9.97 Å². The fourth-order valence-electron chi connectivity index (χ4n) is 10.3. The molecule has 0 atom stereocenters. The van der Waals surface area contributed by atoms with Crippen molar-refractivity contribution in [2.45, 2.75) is 0 Å². The number of fused-ring (bicyclic) bond motifs is 10. The van der Waals surface area contributed by atoms with Gasteiger partial charge in [-0.05, 0) is 155 Å². The van der Waals surface area contributed by atoms with Gasteiger partial charge in [-0.25, -0.2) is 9.97 Å². The lowest BCUT2D eigenvalue weighted by molar-refractivity contribution is 1.29. The highest BCUT2D eigenvalue weighted by molar-refractivity contribution is 7.27. The van der Waals surface area contributed by atoms with Crippen LogP contribution in [-0.4, -0.2) is 9.97 Å². The summed E-state index contributed by atoms with van der Waals surface area (Å²) in [5.74, 6) is 0. The van der Waals surface area contributed by atoms with Crippen LogP contribution < -0.4 is 9.80 Å². The van der Waals surface area contributed by atoms with Crippen molar-refractivity contribution in [2.75, 3.05) is 9.80 Å². The molecule has 0 aliphatic carbocycles. The molecule has 8 heteroatoms. The summed E-state index contributed by atoms with van der Waals surface area (Å²) >= 11 is 7.23. The molecule has 15 aromatic rings. The Morgan fingerprint density at radius 1 is 0.250 bits per heavy atom. The molecule has 338 valence electrons. The van der Waals surface area contributed by atoms with E-state index in [2.05, 4.69) is 240 Å². The number of aromatic nitrogens is 2. The molecule has 0 aliphatic rings. The predicted octanol–water partition coefficient (Wildman–Crippen LogP) is 20.2. The Bertz CT molecular complexity index is 4240. The predicted molar refractivity (Wildman–Crippen MR) is 314 cm³/mol. The monoisotopic (exact) mass is 990 g/mol. The van der Waals surface area contributed by atoms with Crippen LogP contribution >= 0.6 is 45.3 Å². The van der Waals surface area contributed by atoms with E-state index in [4.69, 9.17) is 9.97 Å². The van der Waals surface area contributed by atoms with Crippen molar-refractivity contribution in [2.24, 2.45) is 0 Å². The van der Waals surface area contributed by atoms with Gasteiger partial charge in [0.25, 0.3) is 0 Å². The van der Waals surface area contributed by atoms with Gasteiger partial charge in [0.1, 0.15) is 10.0 Å². The molecule has 0 amide bonds. The molecular weight excluding hydrogens is 953 g/mol. The highest BCUT2D eigenvalue weighted by Gasteiger charge is 2.20. The zero-order valence-electron chi connectivity index (χ0n) is 38.4. The minimum Gasteiger partial charge on any atom is -0.310 e. The van der Waals surface area contributed by atoms with Gasteiger partial charge in [0.15, 0.2) is 0 Å². The second-order valence-electron chi connectivity index (χ2n) is 18.2. The average Bonchev–Trinajstić information content (AvgIpc) is 4.23. The van der Waals surface area contributed by atoms with Crippen LogP contribution in [0.5, 0.6) is 0 Å². The summed E-state index contributed by atoms with van der Waals surface area (Å²) in [6.07, 6.45) is 0. The first-order valence-electron chi connectivity index (χ1n) is 23.9. The largest absolute Gasteiger partial charge is 0.310 e. The van der Waals surface area contributed by atoms with Crippen LogP contribution in [0.4, 0.5) is 34.1 Å². The fourth-order valence-corrected chi connectivity index (χ4v) is 14.6. The lowest BCUT2D eigenvalue weighted by Gasteiger charge is -2.26. The van der Waals surface area contributed by atoms with E-state index in [0.717, 1.165) is 66.3 Å². The van der Waals surface area contributed by atoms with Crippen molar-refractivity contribution in [3.05, 3.63) is 231 Å². The Morgan fingerprint density at radius 3 is 1.06 bits per heavy atom. The van der Waals surface area contributed by atoms with Crippen molar-refractivity contribution < 1.29 is 0 Å². The Hall–Kier alpha value is -8.24. The zero-order valence-corrected chi connectivity index (χ0v) is 41.6. The van der Waals surface area contributed by atoms with E-state index in [9.17, 15) is 0 Å². The molecule has 15 rings (SSSR count). The average molecular weight is 991 g/mol. The molecule has 0 spiro atoms. The number of thiazole rings is 2. The molecule has 72 heavy (non-hydrogen) atoms. The topological polar surface area (TPSA) is 32.3 Å². The molecular formula is C64H38N4S4. The maximum Gasteiger partial charge on any atom is 0.124 e. The summed E-state index contributed by atoms with van der Waals surface area (Å²) in [6, 6.07) is 84.1. The molecule has 0 bridgehead atoms. The van der Waals surface area contributed by atoms with E-state index < -0.39 is 0 Å². The van der Waals surface area contributed by atoms with Crippen molar-refractivity contribution in [3.63, 3.8) is 0 Å². The highest BCUT2D eigenvalue weighted by atomic mass is 32.1. The smallest absolute Gasteiger partial charge is 0.124 e. The van der Waals surface area contributed by atoms with Gasteiger partial charge >= 0.3 is 0 Å². The molecule has 0 fully saturated rings. The molecule has 11 aromatic carbocycles. The number of thiophene rings is 2. The van der Waals surface area contributed by atoms with Crippen molar-refractivity contribution >= 4 is 162 Å². The van der Waals surface area contributed by atoms with Gasteiger partial charge in [0.2, 0.25) is 0 Å². The molecule has 0 aliphatic heterocycles. The van der Waals surface area contributed by atoms with Crippen LogP contribution in [0.15, 0.2) is 231 Å². The normalized spacial score (nSPS) is 11.9. The van der Waals surface area contributed by atoms with Gasteiger partial charge in [-0.2, -0.15) is 0 Å². The maximum atomic E-state index is 4.96. The fraction of sp³-hybridized carbons (Fsp3) is 0. The second kappa shape index (κ2) is 16.7. The van der Waals surface area contributed by atoms with Gasteiger partial charge in [-0.15, -0.1) is 45.3 Å². The lowest BCUT2D eigenvalue weighted by Crippen LogP contribution is -2.09. The minimum atomic E-state index is 1.03. The van der Waals surface area contributed by atoms with E-state index >= 15 is 0 Å². The Kier molecular flexibility index (Phi) is 9.63. The van der Waals surface area contributed by atoms with Crippen molar-refractivity contribution in [1.29, 1.82) is 0 Å². The molecule has 4 heterocycles. The van der Waals surface area contributed by atoms with Gasteiger partial charge < -0.3 is 9.80 Å². The molecule has 0 saturated heterocycles. The van der Waals surface area contributed by atoms with Gasteiger partial charge in [0, 0.05) is 85.6 Å². The Morgan fingerprint density at radius 2 is 0.611 bits per heavy atom. The molecule has 0 radical (unpaired) electrons.